The van der Waals surface area contributed by atoms with Gasteiger partial charge in [-0.3, -0.25) is 19.5 Å². The lowest BCUT2D eigenvalue weighted by atomic mass is 9.99. The molecule has 11 heteroatoms. The Balaban J connectivity index is 1.55. The molecule has 4 aromatic rings. The third-order valence-corrected chi connectivity index (χ3v) is 6.87. The molecule has 0 radical (unpaired) electrons. The number of hydrogen-bond acceptors (Lipinski definition) is 6. The number of amides is 2. The third kappa shape index (κ3) is 4.51. The maximum Gasteiger partial charge on any atom is 0.275 e. The molecular formula is C27H28ClN7O3. The minimum absolute atomic E-state index is 0.00300. The first-order chi connectivity index (χ1) is 18.2. The number of aromatic amines is 1. The second-order valence-corrected chi connectivity index (χ2v) is 10.1. The fraction of sp³-hybridized carbons (Fsp3) is 0.296. The van der Waals surface area contributed by atoms with Crippen LogP contribution in [-0.4, -0.2) is 55.6 Å². The molecule has 0 unspecified atom stereocenters. The molecule has 0 saturated heterocycles. The standard InChI is InChI=1S/C27H28ClN7O3/c1-14(2)30-27-31-22-13-34(26(38)23-19-12-17(28)7-10-21(19)32-33-23)15(3)11-20(22)25(37)35(27)18-8-5-16(6-9-18)24(36)29-4/h5-10,12,14-15H,11,13H2,1-4H3,(H,29,36)(H,30,31)(H,32,33)/t15-/m1/s1. The van der Waals surface area contributed by atoms with Crippen molar-refractivity contribution in [3.8, 4) is 5.69 Å². The smallest absolute Gasteiger partial charge is 0.275 e. The van der Waals surface area contributed by atoms with Crippen LogP contribution in [-0.2, 0) is 13.0 Å². The highest BCUT2D eigenvalue weighted by Gasteiger charge is 2.33. The van der Waals surface area contributed by atoms with Gasteiger partial charge in [-0.1, -0.05) is 11.6 Å². The van der Waals surface area contributed by atoms with Gasteiger partial charge in [-0.2, -0.15) is 5.10 Å². The normalized spacial score (nSPS) is 15.0. The van der Waals surface area contributed by atoms with Crippen molar-refractivity contribution < 1.29 is 9.59 Å². The average molecular weight is 534 g/mol. The Kier molecular flexibility index (Phi) is 6.66. The van der Waals surface area contributed by atoms with Gasteiger partial charge in [0.2, 0.25) is 5.95 Å². The molecule has 5 rings (SSSR count). The first-order valence-corrected chi connectivity index (χ1v) is 12.7. The summed E-state index contributed by atoms with van der Waals surface area (Å²) >= 11 is 6.17. The number of anilines is 1. The number of halogens is 1. The number of nitrogens with zero attached hydrogens (tertiary/aromatic N) is 4. The zero-order chi connectivity index (χ0) is 27.1. The van der Waals surface area contributed by atoms with E-state index < -0.39 is 0 Å². The minimum Gasteiger partial charge on any atom is -0.355 e. The Bertz CT molecular complexity index is 1610. The molecule has 0 fully saturated rings. The van der Waals surface area contributed by atoms with Crippen molar-refractivity contribution >= 4 is 40.3 Å². The van der Waals surface area contributed by atoms with Gasteiger partial charge in [-0.05, 0) is 69.7 Å². The SMILES string of the molecule is CNC(=O)c1ccc(-n2c(NC(C)C)nc3c(c2=O)C[C@@H](C)N(C(=O)c2n[nH]c4ccc(Cl)cc24)C3)cc1. The quantitative estimate of drug-likeness (QED) is 0.360. The van der Waals surface area contributed by atoms with Crippen LogP contribution in [0.3, 0.4) is 0 Å². The van der Waals surface area contributed by atoms with Crippen molar-refractivity contribution in [1.29, 1.82) is 0 Å². The van der Waals surface area contributed by atoms with E-state index in [0.717, 1.165) is 5.52 Å². The number of H-pyrrole nitrogens is 1. The van der Waals surface area contributed by atoms with Gasteiger partial charge in [-0.25, -0.2) is 9.55 Å². The zero-order valence-corrected chi connectivity index (χ0v) is 22.3. The number of rotatable bonds is 5. The predicted molar refractivity (Wildman–Crippen MR) is 146 cm³/mol. The van der Waals surface area contributed by atoms with Gasteiger partial charge < -0.3 is 15.5 Å². The second kappa shape index (κ2) is 9.94. The van der Waals surface area contributed by atoms with Crippen LogP contribution in [0.5, 0.6) is 0 Å². The van der Waals surface area contributed by atoms with Gasteiger partial charge in [0, 0.05) is 40.7 Å². The molecule has 1 atom stereocenters. The van der Waals surface area contributed by atoms with Gasteiger partial charge in [0.25, 0.3) is 17.4 Å². The van der Waals surface area contributed by atoms with Crippen molar-refractivity contribution in [2.45, 2.75) is 45.8 Å². The van der Waals surface area contributed by atoms with Crippen molar-refractivity contribution in [2.24, 2.45) is 0 Å². The Hall–Kier alpha value is -4.18. The number of carbonyl (C=O) groups is 2. The highest BCUT2D eigenvalue weighted by Crippen LogP contribution is 2.27. The molecule has 2 aromatic heterocycles. The minimum atomic E-state index is -0.261. The Morgan fingerprint density at radius 1 is 1.16 bits per heavy atom. The van der Waals surface area contributed by atoms with E-state index in [1.54, 1.807) is 54.4 Å². The largest absolute Gasteiger partial charge is 0.355 e. The summed E-state index contributed by atoms with van der Waals surface area (Å²) in [5.74, 6) is -0.0975. The van der Waals surface area contributed by atoms with Crippen LogP contribution < -0.4 is 16.2 Å². The number of aromatic nitrogens is 4. The van der Waals surface area contributed by atoms with Gasteiger partial charge >= 0.3 is 0 Å². The first-order valence-electron chi connectivity index (χ1n) is 12.4. The van der Waals surface area contributed by atoms with E-state index in [1.165, 1.54) is 4.57 Å². The third-order valence-electron chi connectivity index (χ3n) is 6.63. The fourth-order valence-corrected chi connectivity index (χ4v) is 4.89. The molecular weight excluding hydrogens is 506 g/mol. The lowest BCUT2D eigenvalue weighted by Gasteiger charge is -2.34. The average Bonchev–Trinajstić information content (AvgIpc) is 3.31. The fourth-order valence-electron chi connectivity index (χ4n) is 4.72. The molecule has 0 aliphatic carbocycles. The molecule has 2 aromatic carbocycles. The van der Waals surface area contributed by atoms with Crippen LogP contribution in [0.15, 0.2) is 47.3 Å². The highest BCUT2D eigenvalue weighted by molar-refractivity contribution is 6.31. The monoisotopic (exact) mass is 533 g/mol. The summed E-state index contributed by atoms with van der Waals surface area (Å²) in [5, 5.41) is 14.2. The summed E-state index contributed by atoms with van der Waals surface area (Å²) in [6, 6.07) is 11.8. The summed E-state index contributed by atoms with van der Waals surface area (Å²) in [5.41, 5.74) is 2.97. The van der Waals surface area contributed by atoms with Crippen LogP contribution >= 0.6 is 11.6 Å². The number of carbonyl (C=O) groups excluding carboxylic acids is 2. The van der Waals surface area contributed by atoms with Crippen LogP contribution in [0.2, 0.25) is 5.02 Å². The van der Waals surface area contributed by atoms with Gasteiger partial charge in [0.1, 0.15) is 0 Å². The molecule has 38 heavy (non-hydrogen) atoms. The number of hydrogen-bond donors (Lipinski definition) is 3. The van der Waals surface area contributed by atoms with Crippen molar-refractivity contribution in [3.05, 3.63) is 80.4 Å². The molecule has 0 saturated carbocycles. The molecule has 2 amide bonds. The number of fused-ring (bicyclic) bond motifs is 2. The summed E-state index contributed by atoms with van der Waals surface area (Å²) < 4.78 is 1.53. The van der Waals surface area contributed by atoms with Crippen molar-refractivity contribution in [2.75, 3.05) is 12.4 Å². The Morgan fingerprint density at radius 3 is 2.58 bits per heavy atom. The van der Waals surface area contributed by atoms with Crippen LogP contribution in [0.4, 0.5) is 5.95 Å². The van der Waals surface area contributed by atoms with E-state index >= 15 is 0 Å². The Labute approximate surface area is 224 Å². The molecule has 0 spiro atoms. The summed E-state index contributed by atoms with van der Waals surface area (Å²) in [6.07, 6.45) is 0.342. The van der Waals surface area contributed by atoms with E-state index in [4.69, 9.17) is 16.6 Å². The van der Waals surface area contributed by atoms with E-state index in [-0.39, 0.29) is 41.7 Å². The maximum atomic E-state index is 13.8. The zero-order valence-electron chi connectivity index (χ0n) is 21.5. The van der Waals surface area contributed by atoms with Gasteiger partial charge in [0.05, 0.1) is 23.4 Å². The van der Waals surface area contributed by atoms with Crippen LogP contribution in [0.25, 0.3) is 16.6 Å². The van der Waals surface area contributed by atoms with Crippen molar-refractivity contribution in [3.63, 3.8) is 0 Å². The van der Waals surface area contributed by atoms with Crippen LogP contribution in [0.1, 0.15) is 52.9 Å². The molecule has 196 valence electrons. The molecule has 1 aliphatic rings. The topological polar surface area (TPSA) is 125 Å². The molecule has 10 nitrogen and oxygen atoms in total. The van der Waals surface area contributed by atoms with E-state index in [2.05, 4.69) is 20.8 Å². The summed E-state index contributed by atoms with van der Waals surface area (Å²) in [4.78, 5) is 45.9. The van der Waals surface area contributed by atoms with E-state index in [9.17, 15) is 14.4 Å². The van der Waals surface area contributed by atoms with Crippen molar-refractivity contribution in [1.82, 2.24) is 30.0 Å². The van der Waals surface area contributed by atoms with Gasteiger partial charge in [-0.15, -0.1) is 0 Å². The Morgan fingerprint density at radius 2 is 1.89 bits per heavy atom. The summed E-state index contributed by atoms with van der Waals surface area (Å²) in [7, 11) is 1.57. The lowest BCUT2D eigenvalue weighted by Crippen LogP contribution is -2.46. The maximum absolute atomic E-state index is 13.8. The van der Waals surface area contributed by atoms with E-state index in [0.29, 0.717) is 45.3 Å². The van der Waals surface area contributed by atoms with Crippen LogP contribution in [0, 0.1) is 0 Å². The number of nitrogens with one attached hydrogen (secondary N) is 3. The summed E-state index contributed by atoms with van der Waals surface area (Å²) in [6.45, 7) is 5.99. The highest BCUT2D eigenvalue weighted by atomic mass is 35.5. The predicted octanol–water partition coefficient (Wildman–Crippen LogP) is 3.53. The lowest BCUT2D eigenvalue weighted by molar-refractivity contribution is 0.0648. The molecule has 0 bridgehead atoms. The molecule has 3 N–H and O–H groups in total. The molecule has 1 aliphatic heterocycles. The van der Waals surface area contributed by atoms with Gasteiger partial charge in [0.15, 0.2) is 5.69 Å². The van der Waals surface area contributed by atoms with E-state index in [1.807, 2.05) is 20.8 Å². The molecule has 3 heterocycles. The second-order valence-electron chi connectivity index (χ2n) is 9.67. The first kappa shape index (κ1) is 25.5. The number of benzene rings is 2.